The molecule has 2 rings (SSSR count). The van der Waals surface area contributed by atoms with Crippen LogP contribution in [0.25, 0.3) is 0 Å². The molecule has 0 saturated carbocycles. The highest BCUT2D eigenvalue weighted by molar-refractivity contribution is 7.98. The summed E-state index contributed by atoms with van der Waals surface area (Å²) in [6.45, 7) is 3.41. The summed E-state index contributed by atoms with van der Waals surface area (Å²) in [7, 11) is 0. The van der Waals surface area contributed by atoms with Crippen LogP contribution in [0.5, 0.6) is 0 Å². The molecule has 1 aliphatic heterocycles. The van der Waals surface area contributed by atoms with Gasteiger partial charge in [0.05, 0.1) is 5.60 Å². The van der Waals surface area contributed by atoms with Crippen molar-refractivity contribution in [2.75, 3.05) is 24.7 Å². The number of carbonyl (C=O) groups is 1. The van der Waals surface area contributed by atoms with Gasteiger partial charge in [0.15, 0.2) is 0 Å². The first-order chi connectivity index (χ1) is 11.1. The van der Waals surface area contributed by atoms with E-state index in [1.54, 1.807) is 16.7 Å². The standard InChI is InChI=1S/C18H28N2O2S/c1-3-4-5-9-18(22)10-12-20(13-11-18)17(21)19-15-7-6-8-16(14-15)23-2/h6-8,14,22H,3-5,9-13H2,1-2H3,(H,19,21). The van der Waals surface area contributed by atoms with Gasteiger partial charge in [-0.1, -0.05) is 32.3 Å². The lowest BCUT2D eigenvalue weighted by Crippen LogP contribution is -2.48. The van der Waals surface area contributed by atoms with Crippen LogP contribution in [-0.4, -0.2) is 41.0 Å². The lowest BCUT2D eigenvalue weighted by molar-refractivity contribution is -0.0196. The Morgan fingerprint density at radius 1 is 1.35 bits per heavy atom. The number of rotatable bonds is 6. The van der Waals surface area contributed by atoms with E-state index in [4.69, 9.17) is 0 Å². The van der Waals surface area contributed by atoms with Gasteiger partial charge in [0.25, 0.3) is 0 Å². The van der Waals surface area contributed by atoms with Crippen molar-refractivity contribution < 1.29 is 9.90 Å². The van der Waals surface area contributed by atoms with Crippen LogP contribution in [0.1, 0.15) is 45.4 Å². The summed E-state index contributed by atoms with van der Waals surface area (Å²) in [5, 5.41) is 13.6. The Hall–Kier alpha value is -1.20. The third-order valence-corrected chi connectivity index (χ3v) is 5.27. The van der Waals surface area contributed by atoms with E-state index in [9.17, 15) is 9.90 Å². The molecule has 1 fully saturated rings. The number of thioether (sulfide) groups is 1. The average molecular weight is 337 g/mol. The fourth-order valence-corrected chi connectivity index (χ4v) is 3.44. The van der Waals surface area contributed by atoms with Crippen molar-refractivity contribution in [1.29, 1.82) is 0 Å². The average Bonchev–Trinajstić information content (AvgIpc) is 2.56. The second-order valence-corrected chi connectivity index (χ2v) is 7.21. The number of aliphatic hydroxyl groups is 1. The number of hydrogen-bond acceptors (Lipinski definition) is 3. The minimum atomic E-state index is -0.579. The number of unbranched alkanes of at least 4 members (excludes halogenated alkanes) is 2. The maximum absolute atomic E-state index is 12.4. The van der Waals surface area contributed by atoms with Crippen LogP contribution in [0.4, 0.5) is 10.5 Å². The van der Waals surface area contributed by atoms with E-state index in [-0.39, 0.29) is 6.03 Å². The van der Waals surface area contributed by atoms with Crippen molar-refractivity contribution in [2.24, 2.45) is 0 Å². The minimum absolute atomic E-state index is 0.0705. The van der Waals surface area contributed by atoms with Gasteiger partial charge in [0.1, 0.15) is 0 Å². The summed E-state index contributed by atoms with van der Waals surface area (Å²) in [6, 6.07) is 7.79. The zero-order chi connectivity index (χ0) is 16.7. The second-order valence-electron chi connectivity index (χ2n) is 6.33. The molecule has 5 heteroatoms. The first-order valence-electron chi connectivity index (χ1n) is 8.49. The Morgan fingerprint density at radius 2 is 2.09 bits per heavy atom. The number of nitrogens with one attached hydrogen (secondary N) is 1. The van der Waals surface area contributed by atoms with E-state index in [1.807, 2.05) is 30.5 Å². The molecule has 1 saturated heterocycles. The van der Waals surface area contributed by atoms with Gasteiger partial charge in [0, 0.05) is 23.7 Å². The molecule has 2 N–H and O–H groups in total. The van der Waals surface area contributed by atoms with Crippen LogP contribution < -0.4 is 5.32 Å². The Labute approximate surface area is 143 Å². The number of likely N-dealkylation sites (tertiary alicyclic amines) is 1. The highest BCUT2D eigenvalue weighted by Gasteiger charge is 2.33. The molecule has 1 aromatic rings. The van der Waals surface area contributed by atoms with Gasteiger partial charge in [-0.05, 0) is 43.7 Å². The zero-order valence-corrected chi connectivity index (χ0v) is 15.0. The zero-order valence-electron chi connectivity index (χ0n) is 14.2. The van der Waals surface area contributed by atoms with E-state index in [1.165, 1.54) is 6.42 Å². The Kier molecular flexibility index (Phi) is 6.78. The summed E-state index contributed by atoms with van der Waals surface area (Å²) < 4.78 is 0. The van der Waals surface area contributed by atoms with Crippen LogP contribution in [0.15, 0.2) is 29.2 Å². The number of piperidine rings is 1. The molecule has 23 heavy (non-hydrogen) atoms. The molecule has 0 aromatic heterocycles. The van der Waals surface area contributed by atoms with Gasteiger partial charge < -0.3 is 15.3 Å². The maximum Gasteiger partial charge on any atom is 0.321 e. The molecule has 1 aromatic carbocycles. The number of hydrogen-bond donors (Lipinski definition) is 2. The molecule has 0 radical (unpaired) electrons. The Balaban J connectivity index is 1.83. The van der Waals surface area contributed by atoms with Crippen molar-refractivity contribution in [1.82, 2.24) is 4.90 Å². The number of urea groups is 1. The smallest absolute Gasteiger partial charge is 0.321 e. The Bertz CT molecular complexity index is 513. The largest absolute Gasteiger partial charge is 0.390 e. The summed E-state index contributed by atoms with van der Waals surface area (Å²) in [5.74, 6) is 0. The molecule has 0 aliphatic carbocycles. The third kappa shape index (κ3) is 5.43. The van der Waals surface area contributed by atoms with E-state index in [0.717, 1.165) is 29.8 Å². The first kappa shape index (κ1) is 18.1. The van der Waals surface area contributed by atoms with E-state index in [2.05, 4.69) is 12.2 Å². The van der Waals surface area contributed by atoms with Crippen molar-refractivity contribution in [3.63, 3.8) is 0 Å². The van der Waals surface area contributed by atoms with Crippen LogP contribution in [0, 0.1) is 0 Å². The molecule has 2 amide bonds. The number of carbonyl (C=O) groups excluding carboxylic acids is 1. The van der Waals surface area contributed by atoms with Gasteiger partial charge in [-0.3, -0.25) is 0 Å². The lowest BCUT2D eigenvalue weighted by atomic mass is 9.86. The minimum Gasteiger partial charge on any atom is -0.390 e. The van der Waals surface area contributed by atoms with Crippen LogP contribution >= 0.6 is 11.8 Å². The third-order valence-electron chi connectivity index (χ3n) is 4.55. The second kappa shape index (κ2) is 8.60. The highest BCUT2D eigenvalue weighted by Crippen LogP contribution is 2.28. The first-order valence-corrected chi connectivity index (χ1v) is 9.71. The molecule has 128 valence electrons. The van der Waals surface area contributed by atoms with Crippen molar-refractivity contribution >= 4 is 23.5 Å². The van der Waals surface area contributed by atoms with E-state index >= 15 is 0 Å². The van der Waals surface area contributed by atoms with Gasteiger partial charge in [-0.2, -0.15) is 0 Å². The van der Waals surface area contributed by atoms with E-state index in [0.29, 0.717) is 25.9 Å². The van der Waals surface area contributed by atoms with E-state index < -0.39 is 5.60 Å². The molecule has 0 unspecified atom stereocenters. The van der Waals surface area contributed by atoms with Gasteiger partial charge in [-0.25, -0.2) is 4.79 Å². The predicted molar refractivity (Wildman–Crippen MR) is 97.1 cm³/mol. The molecule has 1 aliphatic rings. The summed E-state index contributed by atoms with van der Waals surface area (Å²) in [6.07, 6.45) is 7.62. The van der Waals surface area contributed by atoms with Crippen LogP contribution in [-0.2, 0) is 0 Å². The van der Waals surface area contributed by atoms with Gasteiger partial charge in [-0.15, -0.1) is 11.8 Å². The molecule has 0 spiro atoms. The lowest BCUT2D eigenvalue weighted by Gasteiger charge is -2.38. The SMILES string of the molecule is CCCCCC1(O)CCN(C(=O)Nc2cccc(SC)c2)CC1. The molecule has 1 heterocycles. The van der Waals surface area contributed by atoms with Crippen molar-refractivity contribution in [3.8, 4) is 0 Å². The molecule has 4 nitrogen and oxygen atoms in total. The maximum atomic E-state index is 12.4. The number of anilines is 1. The quantitative estimate of drug-likeness (QED) is 0.600. The summed E-state index contributed by atoms with van der Waals surface area (Å²) >= 11 is 1.66. The molecular formula is C18H28N2O2S. The molecular weight excluding hydrogens is 308 g/mol. The van der Waals surface area contributed by atoms with Crippen LogP contribution in [0.2, 0.25) is 0 Å². The Morgan fingerprint density at radius 3 is 2.74 bits per heavy atom. The van der Waals surface area contributed by atoms with Gasteiger partial charge in [0.2, 0.25) is 0 Å². The summed E-state index contributed by atoms with van der Waals surface area (Å²) in [4.78, 5) is 15.3. The topological polar surface area (TPSA) is 52.6 Å². The summed E-state index contributed by atoms with van der Waals surface area (Å²) in [5.41, 5.74) is 0.246. The highest BCUT2D eigenvalue weighted by atomic mass is 32.2. The fourth-order valence-electron chi connectivity index (χ4n) is 2.98. The van der Waals surface area contributed by atoms with Gasteiger partial charge >= 0.3 is 6.03 Å². The number of benzene rings is 1. The fraction of sp³-hybridized carbons (Fsp3) is 0.611. The predicted octanol–water partition coefficient (Wildman–Crippen LogP) is 4.35. The molecule has 0 bridgehead atoms. The van der Waals surface area contributed by atoms with Crippen LogP contribution in [0.3, 0.4) is 0 Å². The van der Waals surface area contributed by atoms with Crippen molar-refractivity contribution in [3.05, 3.63) is 24.3 Å². The molecule has 0 atom stereocenters. The monoisotopic (exact) mass is 336 g/mol. The normalized spacial score (nSPS) is 17.1. The number of amides is 2. The number of nitrogens with zero attached hydrogens (tertiary/aromatic N) is 1. The van der Waals surface area contributed by atoms with Crippen molar-refractivity contribution in [2.45, 2.75) is 55.9 Å².